The average molecular weight is 250 g/mol. The summed E-state index contributed by atoms with van der Waals surface area (Å²) in [7, 11) is 0. The summed E-state index contributed by atoms with van der Waals surface area (Å²) in [5, 5.41) is 9.08. The highest BCUT2D eigenvalue weighted by atomic mass is 16.5. The molecule has 0 aromatic carbocycles. The van der Waals surface area contributed by atoms with Crippen LogP contribution in [-0.4, -0.2) is 36.1 Å². The number of carbonyl (C=O) groups excluding carboxylic acids is 1. The molecule has 0 aromatic heterocycles. The maximum absolute atomic E-state index is 11.6. The summed E-state index contributed by atoms with van der Waals surface area (Å²) in [6.07, 6.45) is 1.55. The first-order valence-corrected chi connectivity index (χ1v) is 6.44. The van der Waals surface area contributed by atoms with E-state index in [0.717, 1.165) is 31.5 Å². The maximum atomic E-state index is 11.6. The van der Waals surface area contributed by atoms with Gasteiger partial charge in [0.2, 0.25) is 0 Å². The lowest BCUT2D eigenvalue weighted by atomic mass is 9.94. The van der Waals surface area contributed by atoms with Crippen molar-refractivity contribution in [2.45, 2.75) is 46.1 Å². The predicted octanol–water partition coefficient (Wildman–Crippen LogP) is 2.26. The third-order valence-electron chi connectivity index (χ3n) is 3.26. The van der Waals surface area contributed by atoms with Crippen molar-refractivity contribution in [2.24, 2.45) is 0 Å². The molecule has 1 heterocycles. The SMILES string of the molecule is CCOC(=O)C(C#N)=C1CCN(C(C)(C)C)CC1. The molecule has 0 unspecified atom stereocenters. The van der Waals surface area contributed by atoms with Crippen molar-refractivity contribution < 1.29 is 9.53 Å². The molecule has 18 heavy (non-hydrogen) atoms. The number of piperidine rings is 1. The van der Waals surface area contributed by atoms with Gasteiger partial charge in [0.05, 0.1) is 6.61 Å². The number of nitrogens with zero attached hydrogens (tertiary/aromatic N) is 2. The Kier molecular flexibility index (Phi) is 4.92. The fourth-order valence-electron chi connectivity index (χ4n) is 2.17. The topological polar surface area (TPSA) is 53.3 Å². The van der Waals surface area contributed by atoms with E-state index in [0.29, 0.717) is 6.61 Å². The first-order chi connectivity index (χ1) is 8.40. The van der Waals surface area contributed by atoms with E-state index >= 15 is 0 Å². The molecule has 0 atom stereocenters. The number of likely N-dealkylation sites (tertiary alicyclic amines) is 1. The number of ether oxygens (including phenoxy) is 1. The molecule has 1 rings (SSSR count). The second-order valence-corrected chi connectivity index (χ2v) is 5.47. The van der Waals surface area contributed by atoms with E-state index in [1.165, 1.54) is 0 Å². The molecule has 1 saturated heterocycles. The first-order valence-electron chi connectivity index (χ1n) is 6.44. The van der Waals surface area contributed by atoms with Gasteiger partial charge >= 0.3 is 5.97 Å². The van der Waals surface area contributed by atoms with Crippen LogP contribution in [0, 0.1) is 11.3 Å². The third-order valence-corrected chi connectivity index (χ3v) is 3.26. The van der Waals surface area contributed by atoms with Gasteiger partial charge in [-0.3, -0.25) is 4.90 Å². The molecule has 4 heteroatoms. The summed E-state index contributed by atoms with van der Waals surface area (Å²) in [5.74, 6) is -0.473. The third kappa shape index (κ3) is 3.58. The molecule has 0 aliphatic carbocycles. The van der Waals surface area contributed by atoms with Gasteiger partial charge < -0.3 is 4.74 Å². The highest BCUT2D eigenvalue weighted by Gasteiger charge is 2.27. The second kappa shape index (κ2) is 6.01. The van der Waals surface area contributed by atoms with Crippen LogP contribution >= 0.6 is 0 Å². The zero-order valence-corrected chi connectivity index (χ0v) is 11.7. The molecule has 0 aromatic rings. The average Bonchev–Trinajstić information content (AvgIpc) is 2.30. The van der Waals surface area contributed by atoms with Crippen molar-refractivity contribution in [3.63, 3.8) is 0 Å². The summed E-state index contributed by atoms with van der Waals surface area (Å²) < 4.78 is 4.91. The van der Waals surface area contributed by atoms with Crippen LogP contribution in [0.4, 0.5) is 0 Å². The second-order valence-electron chi connectivity index (χ2n) is 5.47. The van der Waals surface area contributed by atoms with Gasteiger partial charge in [-0.05, 0) is 46.1 Å². The summed E-state index contributed by atoms with van der Waals surface area (Å²) in [6.45, 7) is 10.4. The fraction of sp³-hybridized carbons (Fsp3) is 0.714. The summed E-state index contributed by atoms with van der Waals surface area (Å²) >= 11 is 0. The number of hydrogen-bond donors (Lipinski definition) is 0. The minimum absolute atomic E-state index is 0.141. The van der Waals surface area contributed by atoms with Crippen LogP contribution in [0.15, 0.2) is 11.1 Å². The Labute approximate surface area is 109 Å². The van der Waals surface area contributed by atoms with Crippen molar-refractivity contribution in [3.05, 3.63) is 11.1 Å². The molecule has 1 aliphatic heterocycles. The summed E-state index contributed by atoms with van der Waals surface area (Å²) in [6, 6.07) is 2.00. The Hall–Kier alpha value is -1.34. The molecule has 0 bridgehead atoms. The Morgan fingerprint density at radius 3 is 2.33 bits per heavy atom. The molecule has 0 N–H and O–H groups in total. The van der Waals surface area contributed by atoms with Crippen LogP contribution in [0.1, 0.15) is 40.5 Å². The lowest BCUT2D eigenvalue weighted by Crippen LogP contribution is -2.45. The van der Waals surface area contributed by atoms with Gasteiger partial charge in [0.15, 0.2) is 0 Å². The van der Waals surface area contributed by atoms with E-state index in [1.807, 2.05) is 6.07 Å². The van der Waals surface area contributed by atoms with E-state index in [1.54, 1.807) is 6.92 Å². The van der Waals surface area contributed by atoms with Crippen molar-refractivity contribution in [1.82, 2.24) is 4.90 Å². The van der Waals surface area contributed by atoms with Crippen LogP contribution in [0.5, 0.6) is 0 Å². The number of rotatable bonds is 2. The minimum Gasteiger partial charge on any atom is -0.462 e. The smallest absolute Gasteiger partial charge is 0.348 e. The zero-order valence-electron chi connectivity index (χ0n) is 11.7. The van der Waals surface area contributed by atoms with Gasteiger partial charge in [0, 0.05) is 18.6 Å². The van der Waals surface area contributed by atoms with E-state index in [2.05, 4.69) is 25.7 Å². The number of nitriles is 1. The number of esters is 1. The van der Waals surface area contributed by atoms with Crippen LogP contribution in [0.25, 0.3) is 0 Å². The van der Waals surface area contributed by atoms with Crippen LogP contribution in [-0.2, 0) is 9.53 Å². The first kappa shape index (κ1) is 14.7. The van der Waals surface area contributed by atoms with Crippen molar-refractivity contribution in [3.8, 4) is 6.07 Å². The van der Waals surface area contributed by atoms with Gasteiger partial charge in [-0.2, -0.15) is 5.26 Å². The molecule has 0 amide bonds. The van der Waals surface area contributed by atoms with E-state index in [-0.39, 0.29) is 11.1 Å². The van der Waals surface area contributed by atoms with Crippen molar-refractivity contribution in [1.29, 1.82) is 5.26 Å². The van der Waals surface area contributed by atoms with Gasteiger partial charge in [-0.15, -0.1) is 0 Å². The summed E-state index contributed by atoms with van der Waals surface area (Å²) in [4.78, 5) is 14.0. The Morgan fingerprint density at radius 1 is 1.39 bits per heavy atom. The van der Waals surface area contributed by atoms with Gasteiger partial charge in [-0.25, -0.2) is 4.79 Å². The lowest BCUT2D eigenvalue weighted by Gasteiger charge is -2.39. The predicted molar refractivity (Wildman–Crippen MR) is 69.8 cm³/mol. The molecule has 0 saturated carbocycles. The largest absolute Gasteiger partial charge is 0.462 e. The van der Waals surface area contributed by atoms with Crippen LogP contribution in [0.3, 0.4) is 0 Å². The lowest BCUT2D eigenvalue weighted by molar-refractivity contribution is -0.138. The molecular formula is C14H22N2O2. The molecule has 1 fully saturated rings. The van der Waals surface area contributed by atoms with Crippen LogP contribution < -0.4 is 0 Å². The van der Waals surface area contributed by atoms with E-state index < -0.39 is 5.97 Å². The highest BCUT2D eigenvalue weighted by Crippen LogP contribution is 2.25. The Balaban J connectivity index is 2.76. The van der Waals surface area contributed by atoms with Crippen LogP contribution in [0.2, 0.25) is 0 Å². The zero-order chi connectivity index (χ0) is 13.8. The molecule has 4 nitrogen and oxygen atoms in total. The minimum atomic E-state index is -0.473. The number of carbonyl (C=O) groups is 1. The Bertz CT molecular complexity index is 376. The van der Waals surface area contributed by atoms with Gasteiger partial charge in [0.25, 0.3) is 0 Å². The quantitative estimate of drug-likeness (QED) is 0.428. The van der Waals surface area contributed by atoms with E-state index in [4.69, 9.17) is 10.00 Å². The molecular weight excluding hydrogens is 228 g/mol. The van der Waals surface area contributed by atoms with Crippen molar-refractivity contribution >= 4 is 5.97 Å². The monoisotopic (exact) mass is 250 g/mol. The standard InChI is InChI=1S/C14H22N2O2/c1-5-18-13(17)12(10-15)11-6-8-16(9-7-11)14(2,3)4/h5-9H2,1-4H3. The Morgan fingerprint density at radius 2 is 1.94 bits per heavy atom. The summed E-state index contributed by atoms with van der Waals surface area (Å²) in [5.41, 5.74) is 1.30. The number of hydrogen-bond acceptors (Lipinski definition) is 4. The molecule has 0 spiro atoms. The molecule has 0 radical (unpaired) electrons. The molecule has 100 valence electrons. The normalized spacial score (nSPS) is 17.2. The van der Waals surface area contributed by atoms with E-state index in [9.17, 15) is 4.79 Å². The fourth-order valence-corrected chi connectivity index (χ4v) is 2.17. The van der Waals surface area contributed by atoms with Gasteiger partial charge in [0.1, 0.15) is 11.6 Å². The highest BCUT2D eigenvalue weighted by molar-refractivity contribution is 5.93. The molecule has 1 aliphatic rings. The van der Waals surface area contributed by atoms with Crippen molar-refractivity contribution in [2.75, 3.05) is 19.7 Å². The maximum Gasteiger partial charge on any atom is 0.348 e. The van der Waals surface area contributed by atoms with Gasteiger partial charge in [-0.1, -0.05) is 0 Å².